The van der Waals surface area contributed by atoms with Gasteiger partial charge in [0.2, 0.25) is 5.75 Å². The first-order valence-corrected chi connectivity index (χ1v) is 7.97. The SMILES string of the molecule is CCOc1cc(C(=O)Nc2ccncc2)cc(OCC)c1OCC. The van der Waals surface area contributed by atoms with Gasteiger partial charge in [0, 0.05) is 23.6 Å². The predicted molar refractivity (Wildman–Crippen MR) is 92.1 cm³/mol. The van der Waals surface area contributed by atoms with Crippen molar-refractivity contribution in [2.24, 2.45) is 0 Å². The van der Waals surface area contributed by atoms with Crippen LogP contribution in [0.25, 0.3) is 0 Å². The van der Waals surface area contributed by atoms with Gasteiger partial charge in [-0.05, 0) is 45.0 Å². The zero-order valence-electron chi connectivity index (χ0n) is 14.2. The summed E-state index contributed by atoms with van der Waals surface area (Å²) in [7, 11) is 0. The number of nitrogens with zero attached hydrogens (tertiary/aromatic N) is 1. The summed E-state index contributed by atoms with van der Waals surface area (Å²) in [6.45, 7) is 7.03. The molecule has 0 aliphatic heterocycles. The fourth-order valence-electron chi connectivity index (χ4n) is 2.16. The molecule has 0 atom stereocenters. The van der Waals surface area contributed by atoms with Crippen LogP contribution in [0.2, 0.25) is 0 Å². The van der Waals surface area contributed by atoms with E-state index >= 15 is 0 Å². The van der Waals surface area contributed by atoms with Gasteiger partial charge in [0.15, 0.2) is 11.5 Å². The fourth-order valence-corrected chi connectivity index (χ4v) is 2.16. The van der Waals surface area contributed by atoms with Crippen LogP contribution in [-0.4, -0.2) is 30.7 Å². The van der Waals surface area contributed by atoms with E-state index in [-0.39, 0.29) is 5.91 Å². The van der Waals surface area contributed by atoms with Crippen LogP contribution in [0.1, 0.15) is 31.1 Å². The molecule has 24 heavy (non-hydrogen) atoms. The highest BCUT2D eigenvalue weighted by Gasteiger charge is 2.18. The van der Waals surface area contributed by atoms with Gasteiger partial charge in [-0.2, -0.15) is 0 Å². The molecule has 0 radical (unpaired) electrons. The highest BCUT2D eigenvalue weighted by atomic mass is 16.5. The third-order valence-corrected chi connectivity index (χ3v) is 3.11. The third-order valence-electron chi connectivity index (χ3n) is 3.11. The number of hydrogen-bond donors (Lipinski definition) is 1. The first kappa shape index (κ1) is 17.6. The van der Waals surface area contributed by atoms with Gasteiger partial charge in [0.1, 0.15) is 0 Å². The Bertz CT molecular complexity index is 647. The van der Waals surface area contributed by atoms with Crippen molar-refractivity contribution in [3.05, 3.63) is 42.2 Å². The van der Waals surface area contributed by atoms with Crippen LogP contribution in [0.5, 0.6) is 17.2 Å². The summed E-state index contributed by atoms with van der Waals surface area (Å²) in [4.78, 5) is 16.4. The molecule has 1 N–H and O–H groups in total. The molecule has 2 rings (SSSR count). The largest absolute Gasteiger partial charge is 0.490 e. The standard InChI is InChI=1S/C18H22N2O4/c1-4-22-15-11-13(12-16(23-5-2)17(15)24-6-3)18(21)20-14-7-9-19-10-8-14/h7-12H,4-6H2,1-3H3,(H,19,20,21). The number of aromatic nitrogens is 1. The van der Waals surface area contributed by atoms with Crippen molar-refractivity contribution in [2.75, 3.05) is 25.1 Å². The Morgan fingerprint density at radius 1 is 0.958 bits per heavy atom. The number of amides is 1. The van der Waals surface area contributed by atoms with E-state index < -0.39 is 0 Å². The smallest absolute Gasteiger partial charge is 0.255 e. The molecule has 0 bridgehead atoms. The van der Waals surface area contributed by atoms with Gasteiger partial charge in [0.25, 0.3) is 5.91 Å². The maximum Gasteiger partial charge on any atom is 0.255 e. The summed E-state index contributed by atoms with van der Waals surface area (Å²) in [6.07, 6.45) is 3.23. The maximum atomic E-state index is 12.5. The second-order valence-corrected chi connectivity index (χ2v) is 4.79. The van der Waals surface area contributed by atoms with Crippen molar-refractivity contribution < 1.29 is 19.0 Å². The topological polar surface area (TPSA) is 69.7 Å². The number of ether oxygens (including phenoxy) is 3. The summed E-state index contributed by atoms with van der Waals surface area (Å²) in [5.41, 5.74) is 1.10. The van der Waals surface area contributed by atoms with Gasteiger partial charge in [-0.25, -0.2) is 0 Å². The number of rotatable bonds is 8. The molecule has 1 amide bonds. The van der Waals surface area contributed by atoms with Gasteiger partial charge >= 0.3 is 0 Å². The van der Waals surface area contributed by atoms with Crippen LogP contribution < -0.4 is 19.5 Å². The van der Waals surface area contributed by atoms with Crippen molar-refractivity contribution in [2.45, 2.75) is 20.8 Å². The quantitative estimate of drug-likeness (QED) is 0.802. The van der Waals surface area contributed by atoms with E-state index in [1.807, 2.05) is 20.8 Å². The van der Waals surface area contributed by atoms with Crippen LogP contribution in [0, 0.1) is 0 Å². The van der Waals surface area contributed by atoms with Crippen LogP contribution in [0.4, 0.5) is 5.69 Å². The molecule has 128 valence electrons. The van der Waals surface area contributed by atoms with E-state index in [9.17, 15) is 4.79 Å². The normalized spacial score (nSPS) is 10.1. The van der Waals surface area contributed by atoms with Crippen molar-refractivity contribution in [1.82, 2.24) is 4.98 Å². The summed E-state index contributed by atoms with van der Waals surface area (Å²) < 4.78 is 16.9. The molecule has 0 saturated carbocycles. The molecule has 1 aromatic carbocycles. The number of nitrogens with one attached hydrogen (secondary N) is 1. The molecule has 0 saturated heterocycles. The number of carbonyl (C=O) groups is 1. The van der Waals surface area contributed by atoms with Gasteiger partial charge in [-0.3, -0.25) is 9.78 Å². The Labute approximate surface area is 141 Å². The lowest BCUT2D eigenvalue weighted by Crippen LogP contribution is -2.13. The molecule has 0 aliphatic carbocycles. The van der Waals surface area contributed by atoms with Crippen molar-refractivity contribution in [3.63, 3.8) is 0 Å². The number of hydrogen-bond acceptors (Lipinski definition) is 5. The van der Waals surface area contributed by atoms with Gasteiger partial charge in [-0.15, -0.1) is 0 Å². The van der Waals surface area contributed by atoms with Gasteiger partial charge in [0.05, 0.1) is 19.8 Å². The lowest BCUT2D eigenvalue weighted by molar-refractivity contribution is 0.102. The summed E-state index contributed by atoms with van der Waals surface area (Å²) in [6, 6.07) is 6.76. The van der Waals surface area contributed by atoms with Gasteiger partial charge in [-0.1, -0.05) is 0 Å². The molecule has 1 heterocycles. The van der Waals surface area contributed by atoms with E-state index in [1.165, 1.54) is 0 Å². The summed E-state index contributed by atoms with van der Waals surface area (Å²) in [5, 5.41) is 2.82. The summed E-state index contributed by atoms with van der Waals surface area (Å²) in [5.74, 6) is 1.24. The zero-order chi connectivity index (χ0) is 17.4. The van der Waals surface area contributed by atoms with Crippen molar-refractivity contribution in [3.8, 4) is 17.2 Å². The lowest BCUT2D eigenvalue weighted by Gasteiger charge is -2.17. The average Bonchev–Trinajstić information content (AvgIpc) is 2.58. The molecule has 0 aliphatic rings. The Morgan fingerprint density at radius 2 is 1.50 bits per heavy atom. The second-order valence-electron chi connectivity index (χ2n) is 4.79. The highest BCUT2D eigenvalue weighted by molar-refractivity contribution is 6.05. The lowest BCUT2D eigenvalue weighted by atomic mass is 10.1. The molecule has 2 aromatic rings. The number of carbonyl (C=O) groups excluding carboxylic acids is 1. The number of benzene rings is 1. The minimum absolute atomic E-state index is 0.258. The number of pyridine rings is 1. The van der Waals surface area contributed by atoms with Crippen LogP contribution in [0.15, 0.2) is 36.7 Å². The second kappa shape index (κ2) is 8.76. The van der Waals surface area contributed by atoms with E-state index in [4.69, 9.17) is 14.2 Å². The minimum Gasteiger partial charge on any atom is -0.490 e. The molecule has 0 unspecified atom stereocenters. The van der Waals surface area contributed by atoms with Crippen LogP contribution in [-0.2, 0) is 0 Å². The maximum absolute atomic E-state index is 12.5. The van der Waals surface area contributed by atoms with E-state index in [2.05, 4.69) is 10.3 Å². The molecular formula is C18H22N2O4. The molecule has 1 aromatic heterocycles. The molecule has 0 fully saturated rings. The van der Waals surface area contributed by atoms with Crippen molar-refractivity contribution in [1.29, 1.82) is 0 Å². The monoisotopic (exact) mass is 330 g/mol. The Morgan fingerprint density at radius 3 is 2.00 bits per heavy atom. The first-order chi connectivity index (χ1) is 11.7. The van der Waals surface area contributed by atoms with Crippen molar-refractivity contribution >= 4 is 11.6 Å². The fraction of sp³-hybridized carbons (Fsp3) is 0.333. The highest BCUT2D eigenvalue weighted by Crippen LogP contribution is 2.39. The van der Waals surface area contributed by atoms with E-state index in [1.54, 1.807) is 36.7 Å². The van der Waals surface area contributed by atoms with E-state index in [0.29, 0.717) is 48.3 Å². The third kappa shape index (κ3) is 4.38. The molecule has 0 spiro atoms. The summed E-state index contributed by atoms with van der Waals surface area (Å²) >= 11 is 0. The van der Waals surface area contributed by atoms with E-state index in [0.717, 1.165) is 0 Å². The predicted octanol–water partition coefficient (Wildman–Crippen LogP) is 3.53. The minimum atomic E-state index is -0.258. The van der Waals surface area contributed by atoms with Crippen LogP contribution >= 0.6 is 0 Å². The molecule has 6 nitrogen and oxygen atoms in total. The Balaban J connectivity index is 2.36. The van der Waals surface area contributed by atoms with Gasteiger partial charge < -0.3 is 19.5 Å². The first-order valence-electron chi connectivity index (χ1n) is 7.97. The average molecular weight is 330 g/mol. The Kier molecular flexibility index (Phi) is 6.42. The zero-order valence-corrected chi connectivity index (χ0v) is 14.2. The van der Waals surface area contributed by atoms with Crippen LogP contribution in [0.3, 0.4) is 0 Å². The molecular weight excluding hydrogens is 308 g/mol. The Hall–Kier alpha value is -2.76. The number of anilines is 1. The molecule has 6 heteroatoms.